The van der Waals surface area contributed by atoms with Crippen molar-refractivity contribution in [1.29, 1.82) is 0 Å². The lowest BCUT2D eigenvalue weighted by atomic mass is 10.0. The van der Waals surface area contributed by atoms with Gasteiger partial charge in [-0.1, -0.05) is 0 Å². The van der Waals surface area contributed by atoms with Crippen LogP contribution in [0.3, 0.4) is 0 Å². The Hall–Kier alpha value is -2.35. The predicted molar refractivity (Wildman–Crippen MR) is 65.4 cm³/mol. The normalized spacial score (nSPS) is 11.7. The Balaban J connectivity index is 3.34. The second-order valence-electron chi connectivity index (χ2n) is 3.73. The van der Waals surface area contributed by atoms with E-state index in [0.29, 0.717) is 0 Å². The van der Waals surface area contributed by atoms with Gasteiger partial charge in [-0.15, -0.1) is 0 Å². The molecule has 0 fully saturated rings. The molecule has 0 amide bonds. The average molecular weight is 270 g/mol. The van der Waals surface area contributed by atoms with E-state index in [0.717, 1.165) is 6.07 Å². The van der Waals surface area contributed by atoms with Crippen LogP contribution < -0.4 is 15.2 Å². The summed E-state index contributed by atoms with van der Waals surface area (Å²) < 4.78 is 9.97. The summed E-state index contributed by atoms with van der Waals surface area (Å²) in [6.45, 7) is 0. The zero-order chi connectivity index (χ0) is 14.6. The SMILES string of the molecule is COc1cc([C@H](N)CC(=O)O)c([N+](=O)[O-])cc1OC. The summed E-state index contributed by atoms with van der Waals surface area (Å²) in [6.07, 6.45) is -0.420. The van der Waals surface area contributed by atoms with Gasteiger partial charge in [0.25, 0.3) is 5.69 Å². The van der Waals surface area contributed by atoms with Crippen LogP contribution in [-0.4, -0.2) is 30.2 Å². The summed E-state index contributed by atoms with van der Waals surface area (Å²) in [4.78, 5) is 21.0. The Morgan fingerprint density at radius 1 is 1.42 bits per heavy atom. The van der Waals surface area contributed by atoms with Crippen LogP contribution in [0.25, 0.3) is 0 Å². The van der Waals surface area contributed by atoms with Gasteiger partial charge < -0.3 is 20.3 Å². The molecule has 0 aliphatic heterocycles. The molecule has 0 saturated carbocycles. The molecule has 3 N–H and O–H groups in total. The molecule has 0 saturated heterocycles. The molecule has 1 rings (SSSR count). The molecule has 1 aromatic carbocycles. The van der Waals surface area contributed by atoms with Crippen molar-refractivity contribution in [2.45, 2.75) is 12.5 Å². The molecular weight excluding hydrogens is 256 g/mol. The maximum absolute atomic E-state index is 11.0. The average Bonchev–Trinajstić information content (AvgIpc) is 2.35. The topological polar surface area (TPSA) is 125 Å². The lowest BCUT2D eigenvalue weighted by Gasteiger charge is -2.14. The lowest BCUT2D eigenvalue weighted by Crippen LogP contribution is -2.16. The highest BCUT2D eigenvalue weighted by Gasteiger charge is 2.25. The van der Waals surface area contributed by atoms with Gasteiger partial charge in [0.15, 0.2) is 11.5 Å². The summed E-state index contributed by atoms with van der Waals surface area (Å²) >= 11 is 0. The molecule has 8 nitrogen and oxygen atoms in total. The molecule has 0 aliphatic carbocycles. The fourth-order valence-electron chi connectivity index (χ4n) is 1.64. The van der Waals surface area contributed by atoms with Crippen molar-refractivity contribution in [3.63, 3.8) is 0 Å². The second-order valence-corrected chi connectivity index (χ2v) is 3.73. The number of hydrogen-bond acceptors (Lipinski definition) is 6. The zero-order valence-electron chi connectivity index (χ0n) is 10.5. The lowest BCUT2D eigenvalue weighted by molar-refractivity contribution is -0.385. The molecule has 0 aromatic heterocycles. The quantitative estimate of drug-likeness (QED) is 0.585. The molecule has 0 bridgehead atoms. The summed E-state index contributed by atoms with van der Waals surface area (Å²) in [6, 6.07) is 1.48. The fraction of sp³-hybridized carbons (Fsp3) is 0.364. The van der Waals surface area contributed by atoms with Crippen LogP contribution in [-0.2, 0) is 4.79 Å². The second kappa shape index (κ2) is 6.01. The van der Waals surface area contributed by atoms with Gasteiger partial charge in [-0.05, 0) is 6.07 Å². The van der Waals surface area contributed by atoms with Crippen LogP contribution in [0.4, 0.5) is 5.69 Å². The highest BCUT2D eigenvalue weighted by Crippen LogP contribution is 2.37. The highest BCUT2D eigenvalue weighted by molar-refractivity contribution is 5.69. The van der Waals surface area contributed by atoms with E-state index in [-0.39, 0.29) is 22.7 Å². The number of carboxylic acids is 1. The Morgan fingerprint density at radius 2 is 1.95 bits per heavy atom. The van der Waals surface area contributed by atoms with Crippen LogP contribution in [0.1, 0.15) is 18.0 Å². The predicted octanol–water partition coefficient (Wildman–Crippen LogP) is 1.09. The first-order valence-electron chi connectivity index (χ1n) is 5.28. The van der Waals surface area contributed by atoms with Gasteiger partial charge >= 0.3 is 5.97 Å². The standard InChI is InChI=1S/C11H14N2O6/c1-18-9-3-6(7(12)4-11(14)15)8(13(16)17)5-10(9)19-2/h3,5,7H,4,12H2,1-2H3,(H,14,15)/t7-/m1/s1. The number of aliphatic carboxylic acids is 1. The van der Waals surface area contributed by atoms with E-state index < -0.39 is 23.4 Å². The first-order chi connectivity index (χ1) is 8.90. The number of carboxylic acid groups (broad SMARTS) is 1. The fourth-order valence-corrected chi connectivity index (χ4v) is 1.64. The van der Waals surface area contributed by atoms with E-state index in [1.165, 1.54) is 20.3 Å². The summed E-state index contributed by atoms with van der Waals surface area (Å²) in [5.41, 5.74) is 5.46. The summed E-state index contributed by atoms with van der Waals surface area (Å²) in [5, 5.41) is 19.7. The van der Waals surface area contributed by atoms with Gasteiger partial charge in [-0.2, -0.15) is 0 Å². The third-order valence-corrected chi connectivity index (χ3v) is 2.52. The monoisotopic (exact) mass is 270 g/mol. The van der Waals surface area contributed by atoms with Crippen molar-refractivity contribution in [2.75, 3.05) is 14.2 Å². The van der Waals surface area contributed by atoms with Gasteiger partial charge in [0.1, 0.15) is 0 Å². The third kappa shape index (κ3) is 3.32. The van der Waals surface area contributed by atoms with Crippen molar-refractivity contribution < 1.29 is 24.3 Å². The number of ether oxygens (including phenoxy) is 2. The Labute approximate surface area is 108 Å². The van der Waals surface area contributed by atoms with Crippen molar-refractivity contribution in [1.82, 2.24) is 0 Å². The van der Waals surface area contributed by atoms with Crippen LogP contribution in [0.5, 0.6) is 11.5 Å². The minimum Gasteiger partial charge on any atom is -0.493 e. The number of nitrogens with zero attached hydrogens (tertiary/aromatic N) is 1. The number of methoxy groups -OCH3 is 2. The first-order valence-corrected chi connectivity index (χ1v) is 5.28. The van der Waals surface area contributed by atoms with Gasteiger partial charge in [0, 0.05) is 6.04 Å². The number of carbonyl (C=O) groups is 1. The van der Waals surface area contributed by atoms with E-state index in [1.807, 2.05) is 0 Å². The van der Waals surface area contributed by atoms with Gasteiger partial charge in [0.2, 0.25) is 0 Å². The largest absolute Gasteiger partial charge is 0.493 e. The first kappa shape index (κ1) is 14.7. The molecule has 0 unspecified atom stereocenters. The van der Waals surface area contributed by atoms with E-state index in [4.69, 9.17) is 20.3 Å². The number of nitro benzene ring substituents is 1. The van der Waals surface area contributed by atoms with Crippen LogP contribution in [0.15, 0.2) is 12.1 Å². The maximum atomic E-state index is 11.0. The number of rotatable bonds is 6. The highest BCUT2D eigenvalue weighted by atomic mass is 16.6. The molecule has 0 aliphatic rings. The van der Waals surface area contributed by atoms with Gasteiger partial charge in [0.05, 0.1) is 37.2 Å². The van der Waals surface area contributed by atoms with Crippen LogP contribution >= 0.6 is 0 Å². The number of nitrogens with two attached hydrogens (primary N) is 1. The molecule has 8 heteroatoms. The van der Waals surface area contributed by atoms with Crippen LogP contribution in [0.2, 0.25) is 0 Å². The Kier molecular flexibility index (Phi) is 4.65. The van der Waals surface area contributed by atoms with E-state index in [9.17, 15) is 14.9 Å². The van der Waals surface area contributed by atoms with Gasteiger partial charge in [-0.3, -0.25) is 14.9 Å². The van der Waals surface area contributed by atoms with E-state index >= 15 is 0 Å². The molecule has 0 radical (unpaired) electrons. The van der Waals surface area contributed by atoms with Crippen molar-refractivity contribution in [3.8, 4) is 11.5 Å². The van der Waals surface area contributed by atoms with Crippen LogP contribution in [0, 0.1) is 10.1 Å². The minimum atomic E-state index is -1.14. The number of nitro groups is 1. The summed E-state index contributed by atoms with van der Waals surface area (Å²) in [7, 11) is 2.72. The molecule has 0 heterocycles. The Bertz CT molecular complexity index is 502. The van der Waals surface area contributed by atoms with Crippen molar-refractivity contribution in [3.05, 3.63) is 27.8 Å². The smallest absolute Gasteiger partial charge is 0.305 e. The number of benzene rings is 1. The maximum Gasteiger partial charge on any atom is 0.305 e. The van der Waals surface area contributed by atoms with Crippen molar-refractivity contribution >= 4 is 11.7 Å². The summed E-state index contributed by atoms with van der Waals surface area (Å²) in [5.74, 6) is -0.707. The Morgan fingerprint density at radius 3 is 2.37 bits per heavy atom. The zero-order valence-corrected chi connectivity index (χ0v) is 10.5. The number of hydrogen-bond donors (Lipinski definition) is 2. The molecular formula is C11H14N2O6. The third-order valence-electron chi connectivity index (χ3n) is 2.52. The molecule has 1 aromatic rings. The minimum absolute atomic E-state index is 0.0880. The van der Waals surface area contributed by atoms with E-state index in [2.05, 4.69) is 0 Å². The molecule has 1 atom stereocenters. The van der Waals surface area contributed by atoms with Gasteiger partial charge in [-0.25, -0.2) is 0 Å². The molecule has 104 valence electrons. The molecule has 0 spiro atoms. The van der Waals surface area contributed by atoms with E-state index in [1.54, 1.807) is 0 Å². The molecule has 19 heavy (non-hydrogen) atoms. The van der Waals surface area contributed by atoms with Crippen molar-refractivity contribution in [2.24, 2.45) is 5.73 Å².